The number of hydrogen-bond acceptors (Lipinski definition) is 2. The highest BCUT2D eigenvalue weighted by molar-refractivity contribution is 5.88. The summed E-state index contributed by atoms with van der Waals surface area (Å²) in [5, 5.41) is 14.4. The minimum Gasteiger partial charge on any atom is -0.361 e. The van der Waals surface area contributed by atoms with Crippen LogP contribution in [0.4, 0.5) is 0 Å². The Bertz CT molecular complexity index is 694. The summed E-state index contributed by atoms with van der Waals surface area (Å²) >= 11 is 0. The lowest BCUT2D eigenvalue weighted by atomic mass is 9.68. The predicted octanol–water partition coefficient (Wildman–Crippen LogP) is 2.70. The van der Waals surface area contributed by atoms with E-state index in [2.05, 4.69) is 47.7 Å². The molecular weight excluding hydrogens is 234 g/mol. The minimum atomic E-state index is -0.239. The van der Waals surface area contributed by atoms with Gasteiger partial charge in [0.25, 0.3) is 0 Å². The average molecular weight is 251 g/mol. The van der Waals surface area contributed by atoms with E-state index in [0.717, 1.165) is 19.4 Å². The van der Waals surface area contributed by atoms with Crippen LogP contribution in [-0.4, -0.2) is 17.6 Å². The molecule has 3 heteroatoms. The van der Waals surface area contributed by atoms with Gasteiger partial charge < -0.3 is 10.3 Å². The molecule has 4 rings (SSSR count). The van der Waals surface area contributed by atoms with Crippen molar-refractivity contribution < 1.29 is 0 Å². The van der Waals surface area contributed by atoms with Crippen molar-refractivity contribution in [3.8, 4) is 6.07 Å². The van der Waals surface area contributed by atoms with Crippen molar-refractivity contribution in [1.29, 1.82) is 5.26 Å². The Morgan fingerprint density at radius 1 is 1.42 bits per heavy atom. The van der Waals surface area contributed by atoms with E-state index >= 15 is 0 Å². The van der Waals surface area contributed by atoms with Crippen LogP contribution in [0.1, 0.15) is 30.4 Å². The number of hydrogen-bond donors (Lipinski definition) is 2. The topological polar surface area (TPSA) is 51.6 Å². The molecule has 1 aliphatic carbocycles. The smallest absolute Gasteiger partial charge is 0.0700 e. The van der Waals surface area contributed by atoms with Crippen LogP contribution in [0, 0.1) is 16.7 Å². The highest BCUT2D eigenvalue weighted by atomic mass is 15.0. The number of H-pyrrole nitrogens is 1. The maximum absolute atomic E-state index is 9.39. The number of rotatable bonds is 0. The number of nitriles is 1. The second-order valence-electron chi connectivity index (χ2n) is 6.26. The first kappa shape index (κ1) is 11.1. The van der Waals surface area contributed by atoms with Gasteiger partial charge in [0.05, 0.1) is 11.5 Å². The summed E-state index contributed by atoms with van der Waals surface area (Å²) < 4.78 is 0. The van der Waals surface area contributed by atoms with Gasteiger partial charge in [0, 0.05) is 35.6 Å². The van der Waals surface area contributed by atoms with Crippen LogP contribution in [-0.2, 0) is 6.42 Å². The molecule has 1 fully saturated rings. The molecule has 2 aliphatic rings. The number of nitrogens with one attached hydrogen (secondary N) is 2. The van der Waals surface area contributed by atoms with E-state index in [1.54, 1.807) is 0 Å². The molecule has 0 radical (unpaired) electrons. The molecule has 0 amide bonds. The molecule has 1 aliphatic heterocycles. The summed E-state index contributed by atoms with van der Waals surface area (Å²) in [4.78, 5) is 3.37. The number of nitrogens with zero attached hydrogens (tertiary/aromatic N) is 1. The summed E-state index contributed by atoms with van der Waals surface area (Å²) in [7, 11) is 0. The second-order valence-corrected chi connectivity index (χ2v) is 6.26. The summed E-state index contributed by atoms with van der Waals surface area (Å²) in [6, 6.07) is 9.48. The SMILES string of the molecule is CC1(C#N)CN[C@@H]2Cc3c[nH]c4cccc(c34)[C@H]2C1. The molecule has 96 valence electrons. The van der Waals surface area contributed by atoms with E-state index in [9.17, 15) is 5.26 Å². The van der Waals surface area contributed by atoms with Gasteiger partial charge in [-0.15, -0.1) is 0 Å². The van der Waals surface area contributed by atoms with Crippen molar-refractivity contribution in [2.75, 3.05) is 6.54 Å². The Morgan fingerprint density at radius 3 is 3.16 bits per heavy atom. The first-order chi connectivity index (χ1) is 9.20. The van der Waals surface area contributed by atoms with Gasteiger partial charge in [-0.05, 0) is 37.0 Å². The molecule has 2 heterocycles. The quantitative estimate of drug-likeness (QED) is 0.756. The number of aromatic amines is 1. The third kappa shape index (κ3) is 1.47. The summed E-state index contributed by atoms with van der Waals surface area (Å²) in [6.45, 7) is 2.88. The molecule has 1 aromatic carbocycles. The monoisotopic (exact) mass is 251 g/mol. The lowest BCUT2D eigenvalue weighted by Crippen LogP contribution is -2.50. The summed E-state index contributed by atoms with van der Waals surface area (Å²) in [5.41, 5.74) is 3.82. The Kier molecular flexibility index (Phi) is 2.11. The van der Waals surface area contributed by atoms with Crippen LogP contribution in [0.5, 0.6) is 0 Å². The van der Waals surface area contributed by atoms with Gasteiger partial charge in [-0.2, -0.15) is 5.26 Å². The fraction of sp³-hybridized carbons (Fsp3) is 0.438. The van der Waals surface area contributed by atoms with Gasteiger partial charge in [-0.25, -0.2) is 0 Å². The lowest BCUT2D eigenvalue weighted by molar-refractivity contribution is 0.227. The lowest BCUT2D eigenvalue weighted by Gasteiger charge is -2.42. The van der Waals surface area contributed by atoms with E-state index in [-0.39, 0.29) is 5.41 Å². The molecule has 2 N–H and O–H groups in total. The molecule has 1 unspecified atom stereocenters. The van der Waals surface area contributed by atoms with Gasteiger partial charge in [-0.3, -0.25) is 0 Å². The largest absolute Gasteiger partial charge is 0.361 e. The summed E-state index contributed by atoms with van der Waals surface area (Å²) in [5.74, 6) is 0.463. The van der Waals surface area contributed by atoms with E-state index in [1.807, 2.05) is 0 Å². The summed E-state index contributed by atoms with van der Waals surface area (Å²) in [6.07, 6.45) is 4.18. The molecular formula is C16H17N3. The van der Waals surface area contributed by atoms with Crippen molar-refractivity contribution >= 4 is 10.9 Å². The first-order valence-corrected chi connectivity index (χ1v) is 6.94. The van der Waals surface area contributed by atoms with Crippen molar-refractivity contribution in [2.24, 2.45) is 5.41 Å². The van der Waals surface area contributed by atoms with Crippen LogP contribution >= 0.6 is 0 Å². The van der Waals surface area contributed by atoms with E-state index < -0.39 is 0 Å². The predicted molar refractivity (Wildman–Crippen MR) is 74.9 cm³/mol. The minimum absolute atomic E-state index is 0.239. The Morgan fingerprint density at radius 2 is 2.32 bits per heavy atom. The maximum Gasteiger partial charge on any atom is 0.0700 e. The number of piperidine rings is 1. The fourth-order valence-corrected chi connectivity index (χ4v) is 3.82. The molecule has 1 saturated heterocycles. The Hall–Kier alpha value is -1.79. The maximum atomic E-state index is 9.39. The zero-order valence-electron chi connectivity index (χ0n) is 11.0. The van der Waals surface area contributed by atoms with Crippen LogP contribution in [0.3, 0.4) is 0 Å². The number of fused-ring (bicyclic) bond motifs is 2. The van der Waals surface area contributed by atoms with Crippen LogP contribution in [0.2, 0.25) is 0 Å². The molecule has 0 saturated carbocycles. The zero-order chi connectivity index (χ0) is 13.0. The van der Waals surface area contributed by atoms with E-state index in [0.29, 0.717) is 12.0 Å². The highest BCUT2D eigenvalue weighted by Gasteiger charge is 2.41. The van der Waals surface area contributed by atoms with Crippen LogP contribution in [0.15, 0.2) is 24.4 Å². The molecule has 19 heavy (non-hydrogen) atoms. The molecule has 2 aromatic rings. The second kappa shape index (κ2) is 3.61. The van der Waals surface area contributed by atoms with Crippen molar-refractivity contribution in [3.05, 3.63) is 35.5 Å². The van der Waals surface area contributed by atoms with Crippen molar-refractivity contribution in [3.63, 3.8) is 0 Å². The number of aromatic nitrogens is 1. The van der Waals surface area contributed by atoms with Crippen LogP contribution in [0.25, 0.3) is 10.9 Å². The molecule has 0 spiro atoms. The fourth-order valence-electron chi connectivity index (χ4n) is 3.82. The van der Waals surface area contributed by atoms with Crippen molar-refractivity contribution in [1.82, 2.24) is 10.3 Å². The van der Waals surface area contributed by atoms with E-state index in [4.69, 9.17) is 0 Å². The third-order valence-electron chi connectivity index (χ3n) is 4.84. The van der Waals surface area contributed by atoms with Gasteiger partial charge in [0.1, 0.15) is 0 Å². The first-order valence-electron chi connectivity index (χ1n) is 6.94. The van der Waals surface area contributed by atoms with E-state index in [1.165, 1.54) is 22.0 Å². The molecule has 3 nitrogen and oxygen atoms in total. The third-order valence-corrected chi connectivity index (χ3v) is 4.84. The normalized spacial score (nSPS) is 32.8. The van der Waals surface area contributed by atoms with Crippen LogP contribution < -0.4 is 5.32 Å². The van der Waals surface area contributed by atoms with Gasteiger partial charge in [0.15, 0.2) is 0 Å². The zero-order valence-corrected chi connectivity index (χ0v) is 11.0. The average Bonchev–Trinajstić information content (AvgIpc) is 2.85. The van der Waals surface area contributed by atoms with Crippen molar-refractivity contribution in [2.45, 2.75) is 31.7 Å². The molecule has 3 atom stereocenters. The Labute approximate surface area is 112 Å². The standard InChI is InChI=1S/C16H17N3/c1-16(8-17)6-12-11-3-2-4-13-15(11)10(7-18-13)5-14(12)19-9-16/h2-4,7,12,14,18-19H,5-6,9H2,1H3/t12-,14-,16?/m1/s1. The van der Waals surface area contributed by atoms with Gasteiger partial charge >= 0.3 is 0 Å². The Balaban J connectivity index is 1.88. The molecule has 1 aromatic heterocycles. The number of benzene rings is 1. The van der Waals surface area contributed by atoms with Gasteiger partial charge in [0.2, 0.25) is 0 Å². The highest BCUT2D eigenvalue weighted by Crippen LogP contribution is 2.44. The van der Waals surface area contributed by atoms with Gasteiger partial charge in [-0.1, -0.05) is 12.1 Å². The molecule has 0 bridgehead atoms.